The number of aromatic nitrogens is 1. The van der Waals surface area contributed by atoms with Crippen molar-refractivity contribution < 1.29 is 27.1 Å². The maximum atomic E-state index is 14.9. The molecule has 1 aromatic carbocycles. The van der Waals surface area contributed by atoms with Crippen molar-refractivity contribution in [3.8, 4) is 5.75 Å². The summed E-state index contributed by atoms with van der Waals surface area (Å²) in [6, 6.07) is 6.87. The van der Waals surface area contributed by atoms with Gasteiger partial charge >= 0.3 is 0 Å². The minimum atomic E-state index is -3.89. The summed E-state index contributed by atoms with van der Waals surface area (Å²) in [7, 11) is -2.41. The SMILES string of the molecule is COc1ccc(C(=O)Nc2ccc(F)c(C3(C)CS(=O)(=O)C4(CN(C(C)=O)C4)C(N)=N3)c2)nc1. The number of hydrogen-bond acceptors (Lipinski definition) is 8. The van der Waals surface area contributed by atoms with E-state index in [9.17, 15) is 22.4 Å². The summed E-state index contributed by atoms with van der Waals surface area (Å²) in [6.07, 6.45) is 1.39. The number of anilines is 1. The summed E-state index contributed by atoms with van der Waals surface area (Å²) < 4.78 is 45.0. The third-order valence-electron chi connectivity index (χ3n) is 6.25. The van der Waals surface area contributed by atoms with Gasteiger partial charge in [0, 0.05) is 31.3 Å². The number of sulfone groups is 1. The van der Waals surface area contributed by atoms with Crippen LogP contribution in [0.3, 0.4) is 0 Å². The second kappa shape index (κ2) is 8.05. The van der Waals surface area contributed by atoms with Crippen LogP contribution in [0.4, 0.5) is 10.1 Å². The van der Waals surface area contributed by atoms with Crippen molar-refractivity contribution in [1.82, 2.24) is 9.88 Å². The smallest absolute Gasteiger partial charge is 0.274 e. The van der Waals surface area contributed by atoms with Crippen LogP contribution in [0.25, 0.3) is 0 Å². The first-order valence-corrected chi connectivity index (χ1v) is 12.0. The highest BCUT2D eigenvalue weighted by Crippen LogP contribution is 2.42. The lowest BCUT2D eigenvalue weighted by molar-refractivity contribution is -0.132. The molecule has 0 saturated carbocycles. The van der Waals surface area contributed by atoms with Crippen molar-refractivity contribution in [1.29, 1.82) is 0 Å². The first kappa shape index (κ1) is 23.6. The van der Waals surface area contributed by atoms with Gasteiger partial charge in [-0.3, -0.25) is 14.6 Å². The lowest BCUT2D eigenvalue weighted by atomic mass is 9.91. The van der Waals surface area contributed by atoms with E-state index in [2.05, 4.69) is 15.3 Å². The summed E-state index contributed by atoms with van der Waals surface area (Å²) in [5.74, 6) is -1.66. The van der Waals surface area contributed by atoms with E-state index in [1.54, 1.807) is 6.07 Å². The number of aliphatic imine (C=N–C) groups is 1. The molecule has 0 bridgehead atoms. The Kier molecular flexibility index (Phi) is 5.59. The van der Waals surface area contributed by atoms with Crippen LogP contribution in [0.5, 0.6) is 5.75 Å². The van der Waals surface area contributed by atoms with Gasteiger partial charge in [-0.25, -0.2) is 17.8 Å². The number of benzene rings is 1. The van der Waals surface area contributed by atoms with Crippen molar-refractivity contribution in [3.05, 3.63) is 53.6 Å². The van der Waals surface area contributed by atoms with E-state index in [-0.39, 0.29) is 41.8 Å². The summed E-state index contributed by atoms with van der Waals surface area (Å²) in [5, 5.41) is 2.63. The summed E-state index contributed by atoms with van der Waals surface area (Å²) >= 11 is 0. The minimum absolute atomic E-state index is 0.0305. The number of methoxy groups -OCH3 is 1. The van der Waals surface area contributed by atoms with Gasteiger partial charge in [-0.05, 0) is 37.3 Å². The van der Waals surface area contributed by atoms with Gasteiger partial charge in [0.25, 0.3) is 5.91 Å². The molecule has 2 aliphatic heterocycles. The van der Waals surface area contributed by atoms with Gasteiger partial charge < -0.3 is 20.7 Å². The fraction of sp³-hybridized carbons (Fsp3) is 0.364. The predicted molar refractivity (Wildman–Crippen MR) is 123 cm³/mol. The Morgan fingerprint density at radius 1 is 1.24 bits per heavy atom. The largest absolute Gasteiger partial charge is 0.495 e. The quantitative estimate of drug-likeness (QED) is 0.654. The molecule has 12 heteroatoms. The summed E-state index contributed by atoms with van der Waals surface area (Å²) in [6.45, 7) is 2.66. The van der Waals surface area contributed by atoms with Crippen molar-refractivity contribution in [3.63, 3.8) is 0 Å². The van der Waals surface area contributed by atoms with Gasteiger partial charge in [-0.1, -0.05) is 0 Å². The Hall–Kier alpha value is -3.54. The van der Waals surface area contributed by atoms with Gasteiger partial charge in [0.1, 0.15) is 28.6 Å². The average Bonchev–Trinajstić information content (AvgIpc) is 2.72. The van der Waals surface area contributed by atoms with Crippen LogP contribution >= 0.6 is 0 Å². The highest BCUT2D eigenvalue weighted by Gasteiger charge is 2.61. The number of carbonyl (C=O) groups is 2. The van der Waals surface area contributed by atoms with Crippen molar-refractivity contribution in [2.24, 2.45) is 10.7 Å². The standard InChI is InChI=1S/C22H24FN5O5S/c1-13(29)28-10-22(11-28)20(24)27-21(2,12-34(22,31)32)16-8-14(4-6-17(16)23)26-19(30)18-7-5-15(33-3)9-25-18/h4-9H,10-12H2,1-3H3,(H2,24,27)(H,26,30). The summed E-state index contributed by atoms with van der Waals surface area (Å²) in [5.41, 5.74) is 4.91. The minimum Gasteiger partial charge on any atom is -0.495 e. The maximum absolute atomic E-state index is 14.9. The van der Waals surface area contributed by atoms with Crippen LogP contribution in [0.2, 0.25) is 0 Å². The van der Waals surface area contributed by atoms with Crippen LogP contribution in [0, 0.1) is 5.82 Å². The Morgan fingerprint density at radius 2 is 1.94 bits per heavy atom. The van der Waals surface area contributed by atoms with Gasteiger partial charge in [0.05, 0.1) is 19.1 Å². The van der Waals surface area contributed by atoms with Gasteiger partial charge in [-0.15, -0.1) is 0 Å². The van der Waals surface area contributed by atoms with E-state index in [0.29, 0.717) is 5.75 Å². The second-order valence-electron chi connectivity index (χ2n) is 8.63. The molecular weight excluding hydrogens is 465 g/mol. The van der Waals surface area contributed by atoms with Crippen molar-refractivity contribution >= 4 is 33.2 Å². The van der Waals surface area contributed by atoms with E-state index in [1.165, 1.54) is 50.3 Å². The molecule has 1 atom stereocenters. The van der Waals surface area contributed by atoms with Crippen LogP contribution in [0.15, 0.2) is 41.5 Å². The monoisotopic (exact) mass is 489 g/mol. The van der Waals surface area contributed by atoms with Crippen molar-refractivity contribution in [2.75, 3.05) is 31.3 Å². The molecule has 2 aliphatic rings. The molecule has 2 aromatic rings. The number of amides is 2. The summed E-state index contributed by atoms with van der Waals surface area (Å²) in [4.78, 5) is 33.9. The number of likely N-dealkylation sites (tertiary alicyclic amines) is 1. The molecule has 10 nitrogen and oxygen atoms in total. The highest BCUT2D eigenvalue weighted by atomic mass is 32.2. The molecule has 0 aliphatic carbocycles. The fourth-order valence-corrected chi connectivity index (χ4v) is 6.51. The molecule has 180 valence electrons. The predicted octanol–water partition coefficient (Wildman–Crippen LogP) is 1.08. The van der Waals surface area contributed by atoms with Crippen LogP contribution in [-0.2, 0) is 20.2 Å². The molecule has 1 saturated heterocycles. The molecule has 1 spiro atoms. The van der Waals surface area contributed by atoms with E-state index in [4.69, 9.17) is 10.5 Å². The third kappa shape index (κ3) is 3.77. The molecule has 34 heavy (non-hydrogen) atoms. The molecule has 1 aromatic heterocycles. The molecule has 2 amide bonds. The number of nitrogens with two attached hydrogens (primary N) is 1. The molecule has 0 radical (unpaired) electrons. The molecule has 1 fully saturated rings. The Bertz CT molecular complexity index is 1310. The lowest BCUT2D eigenvalue weighted by Gasteiger charge is -2.51. The number of halogens is 1. The zero-order chi connectivity index (χ0) is 24.9. The second-order valence-corrected chi connectivity index (χ2v) is 10.9. The number of amidine groups is 1. The first-order chi connectivity index (χ1) is 15.9. The Labute approximate surface area is 195 Å². The Balaban J connectivity index is 1.64. The number of nitrogens with zero attached hydrogens (tertiary/aromatic N) is 3. The number of pyridine rings is 1. The van der Waals surface area contributed by atoms with Crippen LogP contribution in [-0.4, -0.2) is 66.7 Å². The zero-order valence-electron chi connectivity index (χ0n) is 18.8. The normalized spacial score (nSPS) is 22.5. The number of hydrogen-bond donors (Lipinski definition) is 2. The Morgan fingerprint density at radius 3 is 2.50 bits per heavy atom. The molecular formula is C22H24FN5O5S. The maximum Gasteiger partial charge on any atom is 0.274 e. The number of rotatable bonds is 4. The lowest BCUT2D eigenvalue weighted by Crippen LogP contribution is -2.75. The molecule has 3 N–H and O–H groups in total. The van der Waals surface area contributed by atoms with Crippen LogP contribution < -0.4 is 15.8 Å². The highest BCUT2D eigenvalue weighted by molar-refractivity contribution is 7.93. The van der Waals surface area contributed by atoms with Crippen molar-refractivity contribution in [2.45, 2.75) is 24.1 Å². The number of nitrogens with one attached hydrogen (secondary N) is 1. The number of ether oxygens (including phenoxy) is 1. The zero-order valence-corrected chi connectivity index (χ0v) is 19.6. The third-order valence-corrected chi connectivity index (χ3v) is 8.85. The van der Waals surface area contributed by atoms with E-state index >= 15 is 0 Å². The van der Waals surface area contributed by atoms with Gasteiger partial charge in [0.15, 0.2) is 14.6 Å². The molecule has 4 rings (SSSR count). The van der Waals surface area contributed by atoms with E-state index < -0.39 is 37.6 Å². The molecule has 1 unspecified atom stereocenters. The number of carbonyl (C=O) groups excluding carboxylic acids is 2. The van der Waals surface area contributed by atoms with Gasteiger partial charge in [0.2, 0.25) is 5.91 Å². The average molecular weight is 490 g/mol. The van der Waals surface area contributed by atoms with E-state index in [0.717, 1.165) is 6.07 Å². The molecule has 3 heterocycles. The first-order valence-electron chi connectivity index (χ1n) is 10.4. The van der Waals surface area contributed by atoms with Gasteiger partial charge in [-0.2, -0.15) is 0 Å². The van der Waals surface area contributed by atoms with E-state index in [1.807, 2.05) is 0 Å². The fourth-order valence-electron chi connectivity index (χ4n) is 4.20. The topological polar surface area (TPSA) is 144 Å². The van der Waals surface area contributed by atoms with Crippen LogP contribution in [0.1, 0.15) is 29.9 Å².